The molecule has 0 unspecified atom stereocenters. The highest BCUT2D eigenvalue weighted by Crippen LogP contribution is 2.36. The summed E-state index contributed by atoms with van der Waals surface area (Å²) in [5.74, 6) is -4.46. The zero-order chi connectivity index (χ0) is 42.0. The van der Waals surface area contributed by atoms with Crippen LogP contribution in [0.2, 0.25) is 0 Å². The fourth-order valence-corrected chi connectivity index (χ4v) is 4.66. The maximum atomic E-state index is 13.1. The van der Waals surface area contributed by atoms with Gasteiger partial charge in [-0.15, -0.1) is 0 Å². The van der Waals surface area contributed by atoms with Gasteiger partial charge in [-0.05, 0) is 58.0 Å². The number of alkyl halides is 10. The summed E-state index contributed by atoms with van der Waals surface area (Å²) in [5.41, 5.74) is 1.73. The summed E-state index contributed by atoms with van der Waals surface area (Å²) in [6, 6.07) is 12.3. The number of H-pyrrole nitrogens is 1. The van der Waals surface area contributed by atoms with Crippen LogP contribution in [0.25, 0.3) is 10.9 Å². The quantitative estimate of drug-likeness (QED) is 0.0826. The Kier molecular flexibility index (Phi) is 14.4. The van der Waals surface area contributed by atoms with Crippen molar-refractivity contribution in [3.8, 4) is 12.0 Å². The molecule has 0 saturated heterocycles. The first-order valence-electron chi connectivity index (χ1n) is 17.0. The zero-order valence-electron chi connectivity index (χ0n) is 30.5. The molecule has 2 aromatic carbocycles. The van der Waals surface area contributed by atoms with E-state index in [4.69, 9.17) is 4.74 Å². The van der Waals surface area contributed by atoms with Gasteiger partial charge in [0.25, 0.3) is 6.10 Å². The van der Waals surface area contributed by atoms with E-state index < -0.39 is 49.4 Å². The molecule has 24 heteroatoms. The smallest absolute Gasteiger partial charge is 0.434 e. The summed E-state index contributed by atoms with van der Waals surface area (Å²) in [6.07, 6.45) is -17.8. The van der Waals surface area contributed by atoms with Gasteiger partial charge in [-0.2, -0.15) is 70.1 Å². The van der Waals surface area contributed by atoms with E-state index in [1.807, 2.05) is 19.9 Å². The third-order valence-electron chi connectivity index (χ3n) is 7.56. The number of aromatic nitrogens is 8. The molecule has 0 spiro atoms. The van der Waals surface area contributed by atoms with Crippen LogP contribution in [-0.4, -0.2) is 104 Å². The molecule has 0 bridgehead atoms. The molecule has 3 N–H and O–H groups in total. The molecule has 310 valence electrons. The summed E-state index contributed by atoms with van der Waals surface area (Å²) in [6.45, 7) is 7.45. The van der Waals surface area contributed by atoms with Gasteiger partial charge >= 0.3 is 36.7 Å². The van der Waals surface area contributed by atoms with Crippen molar-refractivity contribution in [3.05, 3.63) is 54.7 Å². The molecule has 0 amide bonds. The number of anilines is 6. The lowest BCUT2D eigenvalue weighted by Crippen LogP contribution is -2.47. The van der Waals surface area contributed by atoms with Crippen molar-refractivity contribution in [1.82, 2.24) is 40.1 Å². The molecule has 0 radical (unpaired) electrons. The van der Waals surface area contributed by atoms with Crippen molar-refractivity contribution in [3.63, 3.8) is 0 Å². The SMILES string of the molecule is CCN(CC)c1nc(Nc2ccc3cn[nH]c3c2)nc(OC(C(F)(F)F)C(F)(F)F)n1.CCN(CC)c1nc(Nc2ccccc2)nc(OCC(F)(F)C(F)F)n1. The molecule has 5 aromatic rings. The maximum absolute atomic E-state index is 13.1. The summed E-state index contributed by atoms with van der Waals surface area (Å²) in [5, 5.41) is 13.0. The highest BCUT2D eigenvalue weighted by Gasteiger charge is 2.59. The molecular formula is C33H36F10N12O2. The minimum atomic E-state index is -5.71. The number of hydrogen-bond acceptors (Lipinski definition) is 13. The highest BCUT2D eigenvalue weighted by atomic mass is 19.4. The number of nitrogens with zero attached hydrogens (tertiary/aromatic N) is 9. The van der Waals surface area contributed by atoms with Crippen molar-refractivity contribution < 1.29 is 53.4 Å². The first-order chi connectivity index (χ1) is 26.9. The minimum Gasteiger partial charge on any atom is -0.457 e. The van der Waals surface area contributed by atoms with Crippen LogP contribution in [0.5, 0.6) is 12.0 Å². The fraction of sp³-hybridized carbons (Fsp3) is 0.424. The third-order valence-corrected chi connectivity index (χ3v) is 7.56. The molecule has 0 aliphatic heterocycles. The monoisotopic (exact) mass is 822 g/mol. The van der Waals surface area contributed by atoms with Crippen molar-refractivity contribution in [2.24, 2.45) is 0 Å². The van der Waals surface area contributed by atoms with Crippen LogP contribution < -0.4 is 29.9 Å². The fourth-order valence-electron chi connectivity index (χ4n) is 4.66. The predicted molar refractivity (Wildman–Crippen MR) is 189 cm³/mol. The Bertz CT molecular complexity index is 2000. The van der Waals surface area contributed by atoms with Crippen molar-refractivity contribution in [2.75, 3.05) is 53.2 Å². The molecule has 5 rings (SSSR count). The van der Waals surface area contributed by atoms with E-state index in [9.17, 15) is 43.9 Å². The Balaban J connectivity index is 0.000000257. The molecule has 0 saturated carbocycles. The van der Waals surface area contributed by atoms with Crippen LogP contribution in [-0.2, 0) is 0 Å². The molecule has 57 heavy (non-hydrogen) atoms. The van der Waals surface area contributed by atoms with Crippen LogP contribution in [0.1, 0.15) is 27.7 Å². The van der Waals surface area contributed by atoms with E-state index >= 15 is 0 Å². The van der Waals surface area contributed by atoms with E-state index in [-0.39, 0.29) is 23.8 Å². The first kappa shape index (κ1) is 43.8. The number of aromatic amines is 1. The average Bonchev–Trinajstić information content (AvgIpc) is 3.62. The Morgan fingerprint density at radius 1 is 0.667 bits per heavy atom. The van der Waals surface area contributed by atoms with Crippen LogP contribution in [0.15, 0.2) is 54.7 Å². The standard InChI is InChI=1S/C17H17F6N7O.C16H19F4N5O/c1-3-30(4-2)14-26-13(25-10-6-5-9-8-24-29-11(9)7-10)27-15(28-14)31-12(16(18,19)20)17(21,22)23;1-3-25(4-2)14-22-13(21-11-8-6-5-7-9-11)23-15(24-14)26-10-16(19,20)12(17)18/h5-8,12H,3-4H2,1-2H3,(H,24,29)(H,25,26,27,28);5-9,12H,3-4,10H2,1-2H3,(H,21,22,23,24). The van der Waals surface area contributed by atoms with Gasteiger partial charge in [-0.3, -0.25) is 5.10 Å². The molecular weight excluding hydrogens is 786 g/mol. The number of fused-ring (bicyclic) bond motifs is 1. The van der Waals surface area contributed by atoms with Crippen molar-refractivity contribution >= 4 is 46.1 Å². The van der Waals surface area contributed by atoms with E-state index in [2.05, 4.69) is 55.5 Å². The summed E-state index contributed by atoms with van der Waals surface area (Å²) in [7, 11) is 0. The second-order valence-corrected chi connectivity index (χ2v) is 11.5. The first-order valence-corrected chi connectivity index (χ1v) is 17.0. The van der Waals surface area contributed by atoms with Crippen LogP contribution >= 0.6 is 0 Å². The maximum Gasteiger partial charge on any atom is 0.434 e. The van der Waals surface area contributed by atoms with Gasteiger partial charge in [0.15, 0.2) is 6.61 Å². The largest absolute Gasteiger partial charge is 0.457 e. The zero-order valence-corrected chi connectivity index (χ0v) is 30.5. The predicted octanol–water partition coefficient (Wildman–Crippen LogP) is 7.95. The lowest BCUT2D eigenvalue weighted by atomic mass is 10.2. The second-order valence-electron chi connectivity index (χ2n) is 11.5. The van der Waals surface area contributed by atoms with Crippen molar-refractivity contribution in [1.29, 1.82) is 0 Å². The number of para-hydroxylation sites is 1. The summed E-state index contributed by atoms with van der Waals surface area (Å²) >= 11 is 0. The number of nitrogens with one attached hydrogen (secondary N) is 3. The van der Waals surface area contributed by atoms with Gasteiger partial charge in [0.05, 0.1) is 11.7 Å². The van der Waals surface area contributed by atoms with Gasteiger partial charge in [0.2, 0.25) is 23.8 Å². The molecule has 0 atom stereocenters. The molecule has 14 nitrogen and oxygen atoms in total. The van der Waals surface area contributed by atoms with Crippen LogP contribution in [0.4, 0.5) is 79.1 Å². The van der Waals surface area contributed by atoms with Gasteiger partial charge in [0, 0.05) is 42.9 Å². The van der Waals surface area contributed by atoms with E-state index in [0.29, 0.717) is 43.1 Å². The normalized spacial score (nSPS) is 12.0. The van der Waals surface area contributed by atoms with E-state index in [1.165, 1.54) is 4.90 Å². The summed E-state index contributed by atoms with van der Waals surface area (Å²) < 4.78 is 137. The molecule has 3 heterocycles. The second kappa shape index (κ2) is 18.8. The summed E-state index contributed by atoms with van der Waals surface area (Å²) in [4.78, 5) is 26.7. The average molecular weight is 823 g/mol. The third kappa shape index (κ3) is 12.3. The van der Waals surface area contributed by atoms with Gasteiger partial charge < -0.3 is 29.9 Å². The van der Waals surface area contributed by atoms with Gasteiger partial charge in [-0.1, -0.05) is 18.2 Å². The Hall–Kier alpha value is -5.97. The number of ether oxygens (including phenoxy) is 2. The topological polar surface area (TPSA) is 155 Å². The number of benzene rings is 2. The lowest BCUT2D eigenvalue weighted by molar-refractivity contribution is -0.301. The highest BCUT2D eigenvalue weighted by molar-refractivity contribution is 5.82. The molecule has 0 aliphatic carbocycles. The number of rotatable bonds is 16. The number of halogens is 10. The number of hydrogen-bond donors (Lipinski definition) is 3. The van der Waals surface area contributed by atoms with Crippen LogP contribution in [0.3, 0.4) is 0 Å². The molecule has 0 aliphatic rings. The Morgan fingerprint density at radius 2 is 1.19 bits per heavy atom. The van der Waals surface area contributed by atoms with Gasteiger partial charge in [0.1, 0.15) is 0 Å². The molecule has 0 fully saturated rings. The van der Waals surface area contributed by atoms with Gasteiger partial charge in [-0.25, -0.2) is 8.78 Å². The Labute approximate surface area is 318 Å². The van der Waals surface area contributed by atoms with Crippen molar-refractivity contribution in [2.45, 2.75) is 58.5 Å². The Morgan fingerprint density at radius 3 is 1.72 bits per heavy atom. The minimum absolute atomic E-state index is 0.0588. The van der Waals surface area contributed by atoms with Crippen LogP contribution in [0, 0.1) is 0 Å². The van der Waals surface area contributed by atoms with E-state index in [0.717, 1.165) is 5.39 Å². The molecule has 3 aromatic heterocycles. The lowest BCUT2D eigenvalue weighted by Gasteiger charge is -2.24. The van der Waals surface area contributed by atoms with E-state index in [1.54, 1.807) is 67.4 Å².